The molecular weight excluding hydrogens is 458 g/mol. The topological polar surface area (TPSA) is 244 Å². The molecule has 15 heteroatoms. The normalized spacial score (nSPS) is 18.0. The Morgan fingerprint density at radius 3 is 2.27 bits per heavy atom. The second-order valence-electron chi connectivity index (χ2n) is 7.49. The Morgan fingerprint density at radius 2 is 1.73 bits per heavy atom. The molecule has 1 fully saturated rings. The van der Waals surface area contributed by atoms with Gasteiger partial charge in [-0.2, -0.15) is 12.6 Å². The second-order valence-corrected chi connectivity index (χ2v) is 7.85. The lowest BCUT2D eigenvalue weighted by Gasteiger charge is -2.28. The molecule has 0 saturated carbocycles. The maximum Gasteiger partial charge on any atom is 0.326 e. The van der Waals surface area contributed by atoms with E-state index in [1.165, 1.54) is 4.90 Å². The quantitative estimate of drug-likeness (QED) is 0.0557. The van der Waals surface area contributed by atoms with E-state index in [2.05, 4.69) is 28.3 Å². The predicted octanol–water partition coefficient (Wildman–Crippen LogP) is -3.18. The van der Waals surface area contributed by atoms with Gasteiger partial charge in [0.15, 0.2) is 5.96 Å². The molecule has 4 atom stereocenters. The Labute approximate surface area is 195 Å². The summed E-state index contributed by atoms with van der Waals surface area (Å²) in [6.07, 6.45) is 0.512. The van der Waals surface area contributed by atoms with Gasteiger partial charge < -0.3 is 42.9 Å². The number of guanidine groups is 1. The van der Waals surface area contributed by atoms with Crippen molar-refractivity contribution in [2.45, 2.75) is 56.3 Å². The molecule has 186 valence electrons. The van der Waals surface area contributed by atoms with Crippen LogP contribution < -0.4 is 27.8 Å². The van der Waals surface area contributed by atoms with Gasteiger partial charge in [0.25, 0.3) is 0 Å². The molecule has 10 N–H and O–H groups in total. The number of amides is 3. The molecule has 33 heavy (non-hydrogen) atoms. The number of aliphatic carboxylic acids is 2. The maximum atomic E-state index is 12.9. The van der Waals surface area contributed by atoms with E-state index in [0.29, 0.717) is 12.8 Å². The summed E-state index contributed by atoms with van der Waals surface area (Å²) in [4.78, 5) is 65.1. The number of aliphatic imine (C=N–C) groups is 1. The van der Waals surface area contributed by atoms with Gasteiger partial charge in [0.1, 0.15) is 18.1 Å². The predicted molar refractivity (Wildman–Crippen MR) is 120 cm³/mol. The smallest absolute Gasteiger partial charge is 0.326 e. The molecular formula is C18H31N7O7S. The molecule has 0 radical (unpaired) electrons. The highest BCUT2D eigenvalue weighted by atomic mass is 32.1. The molecule has 3 amide bonds. The molecule has 0 aromatic carbocycles. The van der Waals surface area contributed by atoms with Crippen LogP contribution in [0.4, 0.5) is 0 Å². The van der Waals surface area contributed by atoms with Crippen LogP contribution >= 0.6 is 12.6 Å². The summed E-state index contributed by atoms with van der Waals surface area (Å²) >= 11 is 4.09. The Bertz CT molecular complexity index is 775. The number of carbonyl (C=O) groups excluding carboxylic acids is 3. The molecule has 0 spiro atoms. The molecule has 0 aromatic heterocycles. The summed E-state index contributed by atoms with van der Waals surface area (Å²) in [6.45, 7) is 0.394. The fourth-order valence-electron chi connectivity index (χ4n) is 3.28. The van der Waals surface area contributed by atoms with Crippen molar-refractivity contribution in [1.29, 1.82) is 0 Å². The van der Waals surface area contributed by atoms with Gasteiger partial charge in [-0.15, -0.1) is 0 Å². The van der Waals surface area contributed by atoms with Crippen LogP contribution in [0.2, 0.25) is 0 Å². The van der Waals surface area contributed by atoms with Gasteiger partial charge in [-0.25, -0.2) is 4.79 Å². The monoisotopic (exact) mass is 489 g/mol. The number of carboxylic acid groups (broad SMARTS) is 2. The van der Waals surface area contributed by atoms with Crippen LogP contribution in [0.15, 0.2) is 4.99 Å². The lowest BCUT2D eigenvalue weighted by Crippen LogP contribution is -2.57. The third-order valence-electron chi connectivity index (χ3n) is 4.93. The van der Waals surface area contributed by atoms with E-state index in [1.54, 1.807) is 0 Å². The molecule has 1 heterocycles. The number of nitrogens with zero attached hydrogens (tertiary/aromatic N) is 2. The zero-order valence-corrected chi connectivity index (χ0v) is 18.9. The number of hydrogen-bond acceptors (Lipinski definition) is 8. The molecule has 0 aliphatic carbocycles. The number of hydrogen-bond donors (Lipinski definition) is 8. The molecule has 1 aliphatic heterocycles. The number of carbonyl (C=O) groups is 5. The van der Waals surface area contributed by atoms with E-state index < -0.39 is 60.2 Å². The lowest BCUT2D eigenvalue weighted by atomic mass is 10.1. The van der Waals surface area contributed by atoms with E-state index in [-0.39, 0.29) is 37.6 Å². The van der Waals surface area contributed by atoms with Crippen LogP contribution in [0.3, 0.4) is 0 Å². The zero-order valence-electron chi connectivity index (χ0n) is 18.0. The van der Waals surface area contributed by atoms with Crippen molar-refractivity contribution < 1.29 is 34.2 Å². The van der Waals surface area contributed by atoms with Crippen LogP contribution in [-0.2, 0) is 24.0 Å². The number of rotatable bonds is 13. The van der Waals surface area contributed by atoms with Gasteiger partial charge in [0, 0.05) is 18.8 Å². The van der Waals surface area contributed by atoms with Crippen LogP contribution in [0.25, 0.3) is 0 Å². The fourth-order valence-corrected chi connectivity index (χ4v) is 3.52. The summed E-state index contributed by atoms with van der Waals surface area (Å²) in [5.74, 6) is -4.89. The Hall–Kier alpha value is -3.07. The van der Waals surface area contributed by atoms with Crippen LogP contribution in [0, 0.1) is 0 Å². The summed E-state index contributed by atoms with van der Waals surface area (Å²) in [6, 6.07) is -4.68. The van der Waals surface area contributed by atoms with E-state index in [9.17, 15) is 29.1 Å². The van der Waals surface area contributed by atoms with E-state index in [4.69, 9.17) is 22.3 Å². The average molecular weight is 490 g/mol. The maximum absolute atomic E-state index is 12.9. The van der Waals surface area contributed by atoms with Crippen LogP contribution in [0.1, 0.15) is 32.1 Å². The van der Waals surface area contributed by atoms with Gasteiger partial charge in [-0.1, -0.05) is 0 Å². The van der Waals surface area contributed by atoms with Crippen molar-refractivity contribution in [3.63, 3.8) is 0 Å². The number of carboxylic acids is 2. The number of nitrogens with two attached hydrogens (primary N) is 3. The SMILES string of the molecule is NC(N)=NCCCC(NC(=O)C(N)CC(=O)O)C(=O)NC(CS)C(=O)N1CCCC1C(=O)O. The van der Waals surface area contributed by atoms with Crippen molar-refractivity contribution in [1.82, 2.24) is 15.5 Å². The van der Waals surface area contributed by atoms with Crippen LogP contribution in [-0.4, -0.2) is 93.7 Å². The number of likely N-dealkylation sites (tertiary alicyclic amines) is 1. The summed E-state index contributed by atoms with van der Waals surface area (Å²) in [7, 11) is 0. The second kappa shape index (κ2) is 13.5. The average Bonchev–Trinajstić information content (AvgIpc) is 3.22. The van der Waals surface area contributed by atoms with Gasteiger partial charge in [-0.05, 0) is 25.7 Å². The highest BCUT2D eigenvalue weighted by Gasteiger charge is 2.38. The molecule has 4 unspecified atom stereocenters. The number of thiol groups is 1. The standard InChI is InChI=1S/C18H31N7O7S/c19-9(7-13(26)27)14(28)23-10(3-1-5-22-18(20)21)15(29)24-11(8-33)16(30)25-6-2-4-12(25)17(31)32/h9-12,33H,1-8,19H2,(H,23,28)(H,24,29)(H,26,27)(H,31,32)(H4,20,21,22). The molecule has 1 saturated heterocycles. The highest BCUT2D eigenvalue weighted by Crippen LogP contribution is 2.19. The van der Waals surface area contributed by atoms with Gasteiger partial charge in [0.2, 0.25) is 17.7 Å². The first-order valence-corrected chi connectivity index (χ1v) is 10.9. The summed E-state index contributed by atoms with van der Waals surface area (Å²) in [5, 5.41) is 23.0. The van der Waals surface area contributed by atoms with E-state index in [0.717, 1.165) is 0 Å². The minimum absolute atomic E-state index is 0.0586. The third-order valence-corrected chi connectivity index (χ3v) is 5.29. The lowest BCUT2D eigenvalue weighted by molar-refractivity contribution is -0.149. The zero-order chi connectivity index (χ0) is 25.1. The van der Waals surface area contributed by atoms with Crippen molar-refractivity contribution in [2.24, 2.45) is 22.2 Å². The first kappa shape index (κ1) is 28.0. The summed E-state index contributed by atoms with van der Waals surface area (Å²) in [5.41, 5.74) is 16.1. The van der Waals surface area contributed by atoms with Crippen molar-refractivity contribution in [3.8, 4) is 0 Å². The minimum atomic E-state index is -1.39. The highest BCUT2D eigenvalue weighted by molar-refractivity contribution is 7.80. The molecule has 1 aliphatic rings. The fraction of sp³-hybridized carbons (Fsp3) is 0.667. The van der Waals surface area contributed by atoms with Crippen LogP contribution in [0.5, 0.6) is 0 Å². The molecule has 14 nitrogen and oxygen atoms in total. The minimum Gasteiger partial charge on any atom is -0.481 e. The molecule has 0 bridgehead atoms. The van der Waals surface area contributed by atoms with Crippen molar-refractivity contribution in [3.05, 3.63) is 0 Å². The first-order chi connectivity index (χ1) is 15.5. The first-order valence-electron chi connectivity index (χ1n) is 10.3. The van der Waals surface area contributed by atoms with Crippen molar-refractivity contribution in [2.75, 3.05) is 18.8 Å². The summed E-state index contributed by atoms with van der Waals surface area (Å²) < 4.78 is 0. The Morgan fingerprint density at radius 1 is 1.09 bits per heavy atom. The third kappa shape index (κ3) is 9.13. The molecule has 0 aromatic rings. The van der Waals surface area contributed by atoms with E-state index >= 15 is 0 Å². The largest absolute Gasteiger partial charge is 0.481 e. The van der Waals surface area contributed by atoms with Gasteiger partial charge in [-0.3, -0.25) is 24.2 Å². The van der Waals surface area contributed by atoms with E-state index in [1.807, 2.05) is 0 Å². The molecule has 1 rings (SSSR count). The van der Waals surface area contributed by atoms with Gasteiger partial charge >= 0.3 is 11.9 Å². The van der Waals surface area contributed by atoms with Gasteiger partial charge in [0.05, 0.1) is 12.5 Å². The number of nitrogens with one attached hydrogen (secondary N) is 2. The Balaban J connectivity index is 2.90. The van der Waals surface area contributed by atoms with Crippen molar-refractivity contribution >= 4 is 48.2 Å². The Kier molecular flexibility index (Phi) is 11.4.